The molecule has 1 unspecified atom stereocenters. The summed E-state index contributed by atoms with van der Waals surface area (Å²) in [5.74, 6) is 0. The lowest BCUT2D eigenvalue weighted by Crippen LogP contribution is -2.38. The zero-order valence-electron chi connectivity index (χ0n) is 17.7. The Morgan fingerprint density at radius 2 is 1.60 bits per heavy atom. The zero-order chi connectivity index (χ0) is 21.0. The average Bonchev–Trinajstić information content (AvgIpc) is 3.18. The van der Waals surface area contributed by atoms with Crippen molar-refractivity contribution in [2.45, 2.75) is 56.0 Å². The Balaban J connectivity index is 1.37. The van der Waals surface area contributed by atoms with Crippen molar-refractivity contribution >= 4 is 10.0 Å². The van der Waals surface area contributed by atoms with Gasteiger partial charge in [-0.05, 0) is 74.4 Å². The molecule has 2 saturated heterocycles. The van der Waals surface area contributed by atoms with Crippen LogP contribution in [0.15, 0.2) is 53.4 Å². The van der Waals surface area contributed by atoms with Crippen molar-refractivity contribution in [2.24, 2.45) is 0 Å². The molecule has 0 radical (unpaired) electrons. The van der Waals surface area contributed by atoms with Gasteiger partial charge >= 0.3 is 0 Å². The summed E-state index contributed by atoms with van der Waals surface area (Å²) in [5.41, 5.74) is 3.48. The van der Waals surface area contributed by atoms with Gasteiger partial charge in [0.1, 0.15) is 0 Å². The van der Waals surface area contributed by atoms with Gasteiger partial charge in [-0.15, -0.1) is 0 Å². The fraction of sp³-hybridized carbons (Fsp3) is 0.500. The van der Waals surface area contributed by atoms with Crippen LogP contribution in [0, 0.1) is 0 Å². The van der Waals surface area contributed by atoms with Crippen LogP contribution < -0.4 is 4.72 Å². The minimum atomic E-state index is -3.50. The van der Waals surface area contributed by atoms with Crippen LogP contribution in [0.1, 0.15) is 38.2 Å². The van der Waals surface area contributed by atoms with E-state index in [1.54, 1.807) is 12.1 Å². The van der Waals surface area contributed by atoms with Crippen LogP contribution >= 0.6 is 0 Å². The number of ether oxygens (including phenoxy) is 1. The first-order chi connectivity index (χ1) is 14.5. The van der Waals surface area contributed by atoms with E-state index in [1.165, 1.54) is 24.9 Å². The number of nitrogens with zero attached hydrogens (tertiary/aromatic N) is 1. The second-order valence-electron chi connectivity index (χ2n) is 8.51. The second kappa shape index (κ2) is 9.60. The highest BCUT2D eigenvalue weighted by Gasteiger charge is 2.22. The third-order valence-electron chi connectivity index (χ3n) is 6.37. The summed E-state index contributed by atoms with van der Waals surface area (Å²) in [7, 11) is -3.50. The molecule has 2 aliphatic heterocycles. The Morgan fingerprint density at radius 1 is 0.967 bits per heavy atom. The summed E-state index contributed by atoms with van der Waals surface area (Å²) in [6.07, 6.45) is 5.14. The zero-order valence-corrected chi connectivity index (χ0v) is 18.5. The van der Waals surface area contributed by atoms with E-state index in [9.17, 15) is 8.42 Å². The van der Waals surface area contributed by atoms with E-state index >= 15 is 0 Å². The van der Waals surface area contributed by atoms with E-state index in [-0.39, 0.29) is 6.04 Å². The number of likely N-dealkylation sites (tertiary alicyclic amines) is 1. The summed E-state index contributed by atoms with van der Waals surface area (Å²) in [6, 6.07) is 16.5. The maximum absolute atomic E-state index is 12.6. The highest BCUT2D eigenvalue weighted by Crippen LogP contribution is 2.23. The van der Waals surface area contributed by atoms with Crippen LogP contribution in [0.2, 0.25) is 0 Å². The van der Waals surface area contributed by atoms with Gasteiger partial charge in [0.25, 0.3) is 0 Å². The van der Waals surface area contributed by atoms with E-state index in [0.717, 1.165) is 36.9 Å². The lowest BCUT2D eigenvalue weighted by Gasteiger charge is -2.23. The quantitative estimate of drug-likeness (QED) is 0.728. The molecule has 0 amide bonds. The van der Waals surface area contributed by atoms with Gasteiger partial charge in [-0.25, -0.2) is 13.1 Å². The largest absolute Gasteiger partial charge is 0.381 e. The van der Waals surface area contributed by atoms with Gasteiger partial charge in [0.2, 0.25) is 10.0 Å². The number of sulfonamides is 1. The standard InChI is InChI=1S/C24H32N2O3S/c1-19-3-2-15-26(19)16-12-20-4-6-21(7-5-20)22-8-10-24(11-9-22)30(27,28)25-23-13-17-29-18-14-23/h4-11,19,23,25H,2-3,12-18H2,1H3. The predicted molar refractivity (Wildman–Crippen MR) is 120 cm³/mol. The molecule has 2 fully saturated rings. The van der Waals surface area contributed by atoms with Crippen molar-refractivity contribution in [3.8, 4) is 11.1 Å². The molecule has 5 nitrogen and oxygen atoms in total. The number of benzene rings is 2. The fourth-order valence-electron chi connectivity index (χ4n) is 4.39. The van der Waals surface area contributed by atoms with E-state index in [4.69, 9.17) is 4.74 Å². The average molecular weight is 429 g/mol. The molecule has 0 aliphatic carbocycles. The second-order valence-corrected chi connectivity index (χ2v) is 10.2. The predicted octanol–water partition coefficient (Wildman–Crippen LogP) is 3.84. The van der Waals surface area contributed by atoms with Crippen molar-refractivity contribution in [2.75, 3.05) is 26.3 Å². The van der Waals surface area contributed by atoms with E-state index in [1.807, 2.05) is 12.1 Å². The van der Waals surface area contributed by atoms with Crippen LogP contribution in [0.3, 0.4) is 0 Å². The number of hydrogen-bond donors (Lipinski definition) is 1. The molecule has 2 heterocycles. The molecular weight excluding hydrogens is 396 g/mol. The molecule has 2 aliphatic rings. The third-order valence-corrected chi connectivity index (χ3v) is 7.91. The number of hydrogen-bond acceptors (Lipinski definition) is 4. The molecule has 0 spiro atoms. The number of rotatable bonds is 7. The van der Waals surface area contributed by atoms with Crippen LogP contribution in [-0.2, 0) is 21.2 Å². The first kappa shape index (κ1) is 21.5. The highest BCUT2D eigenvalue weighted by atomic mass is 32.2. The molecule has 162 valence electrons. The maximum Gasteiger partial charge on any atom is 0.240 e. The summed E-state index contributed by atoms with van der Waals surface area (Å²) >= 11 is 0. The Labute approximate surface area is 180 Å². The fourth-order valence-corrected chi connectivity index (χ4v) is 5.70. The summed E-state index contributed by atoms with van der Waals surface area (Å²) in [5, 5.41) is 0. The molecule has 1 N–H and O–H groups in total. The molecule has 0 saturated carbocycles. The lowest BCUT2D eigenvalue weighted by atomic mass is 10.0. The number of nitrogens with one attached hydrogen (secondary N) is 1. The van der Waals surface area contributed by atoms with E-state index in [0.29, 0.717) is 24.2 Å². The van der Waals surface area contributed by atoms with Gasteiger partial charge in [0.05, 0.1) is 4.90 Å². The monoisotopic (exact) mass is 428 g/mol. The van der Waals surface area contributed by atoms with Crippen molar-refractivity contribution in [1.29, 1.82) is 0 Å². The SMILES string of the molecule is CC1CCCN1CCc1ccc(-c2ccc(S(=O)(=O)NC3CCOCC3)cc2)cc1. The molecule has 0 bridgehead atoms. The minimum absolute atomic E-state index is 0.0421. The topological polar surface area (TPSA) is 58.6 Å². The normalized spacial score (nSPS) is 21.2. The first-order valence-electron chi connectivity index (χ1n) is 11.0. The van der Waals surface area contributed by atoms with Gasteiger partial charge in [0.15, 0.2) is 0 Å². The molecule has 1 atom stereocenters. The summed E-state index contributed by atoms with van der Waals surface area (Å²) < 4.78 is 33.4. The smallest absolute Gasteiger partial charge is 0.240 e. The molecule has 30 heavy (non-hydrogen) atoms. The first-order valence-corrected chi connectivity index (χ1v) is 12.5. The maximum atomic E-state index is 12.6. The van der Waals surface area contributed by atoms with Crippen LogP contribution in [0.25, 0.3) is 11.1 Å². The minimum Gasteiger partial charge on any atom is -0.381 e. The molecule has 4 rings (SSSR count). The van der Waals surface area contributed by atoms with Gasteiger partial charge < -0.3 is 9.64 Å². The Kier molecular flexibility index (Phi) is 6.88. The van der Waals surface area contributed by atoms with Crippen molar-refractivity contribution in [1.82, 2.24) is 9.62 Å². The van der Waals surface area contributed by atoms with Gasteiger partial charge in [0, 0.05) is 31.8 Å². The summed E-state index contributed by atoms with van der Waals surface area (Å²) in [6.45, 7) is 5.88. The Bertz CT molecular complexity index is 920. The lowest BCUT2D eigenvalue weighted by molar-refractivity contribution is 0.0832. The van der Waals surface area contributed by atoms with Gasteiger partial charge in [-0.1, -0.05) is 36.4 Å². The molecule has 2 aromatic carbocycles. The summed E-state index contributed by atoms with van der Waals surface area (Å²) in [4.78, 5) is 2.88. The van der Waals surface area contributed by atoms with Crippen LogP contribution in [0.4, 0.5) is 0 Å². The van der Waals surface area contributed by atoms with Gasteiger partial charge in [-0.3, -0.25) is 0 Å². The van der Waals surface area contributed by atoms with E-state index < -0.39 is 10.0 Å². The van der Waals surface area contributed by atoms with E-state index in [2.05, 4.69) is 40.8 Å². The third kappa shape index (κ3) is 5.30. The Morgan fingerprint density at radius 3 is 2.20 bits per heavy atom. The molecular formula is C24H32N2O3S. The van der Waals surface area contributed by atoms with Crippen molar-refractivity contribution in [3.63, 3.8) is 0 Å². The van der Waals surface area contributed by atoms with Crippen molar-refractivity contribution in [3.05, 3.63) is 54.1 Å². The van der Waals surface area contributed by atoms with Crippen LogP contribution in [-0.4, -0.2) is 51.7 Å². The van der Waals surface area contributed by atoms with Crippen molar-refractivity contribution < 1.29 is 13.2 Å². The Hall–Kier alpha value is -1.73. The molecule has 6 heteroatoms. The molecule has 2 aromatic rings. The molecule has 0 aromatic heterocycles. The highest BCUT2D eigenvalue weighted by molar-refractivity contribution is 7.89. The van der Waals surface area contributed by atoms with Crippen LogP contribution in [0.5, 0.6) is 0 Å². The van der Waals surface area contributed by atoms with Gasteiger partial charge in [-0.2, -0.15) is 0 Å².